The van der Waals surface area contributed by atoms with E-state index in [1.165, 1.54) is 18.2 Å². The molecule has 0 saturated carbocycles. The number of halogens is 4. The van der Waals surface area contributed by atoms with Gasteiger partial charge in [-0.15, -0.1) is 0 Å². The average molecular weight is 530 g/mol. The van der Waals surface area contributed by atoms with Crippen molar-refractivity contribution in [1.29, 1.82) is 0 Å². The highest BCUT2D eigenvalue weighted by atomic mass is 32.2. The summed E-state index contributed by atoms with van der Waals surface area (Å²) in [5, 5.41) is 2.75. The summed E-state index contributed by atoms with van der Waals surface area (Å²) in [7, 11) is -3.66. The van der Waals surface area contributed by atoms with Gasteiger partial charge in [0, 0.05) is 25.3 Å². The van der Waals surface area contributed by atoms with Crippen LogP contribution in [0.5, 0.6) is 0 Å². The van der Waals surface area contributed by atoms with Crippen LogP contribution in [-0.2, 0) is 27.5 Å². The van der Waals surface area contributed by atoms with Crippen LogP contribution in [0.2, 0.25) is 0 Å². The summed E-state index contributed by atoms with van der Waals surface area (Å²) in [5.41, 5.74) is 0.406. The third kappa shape index (κ3) is 7.59. The Morgan fingerprint density at radius 3 is 2.25 bits per heavy atom. The standard InChI is InChI=1S/C25H31F4N3O3S/c1-17(18-9-11-22(21(26)14-18)31-36(2,34)35)24(33)30-16-19-8-10-20(25(27,28)29)15-23(19)32-12-6-4-3-5-7-13-32/h8-11,14-15,17,31H,3-7,12-13,16H2,1-2H3,(H,30,33). The van der Waals surface area contributed by atoms with Crippen molar-refractivity contribution in [2.75, 3.05) is 29.0 Å². The fraction of sp³-hybridized carbons (Fsp3) is 0.480. The fourth-order valence-corrected chi connectivity index (χ4v) is 4.81. The van der Waals surface area contributed by atoms with Crippen LogP contribution in [0.1, 0.15) is 61.6 Å². The van der Waals surface area contributed by atoms with Gasteiger partial charge in [0.15, 0.2) is 0 Å². The van der Waals surface area contributed by atoms with E-state index >= 15 is 0 Å². The number of hydrogen-bond donors (Lipinski definition) is 2. The zero-order chi connectivity index (χ0) is 26.5. The lowest BCUT2D eigenvalue weighted by molar-refractivity contribution is -0.137. The highest BCUT2D eigenvalue weighted by Crippen LogP contribution is 2.34. The van der Waals surface area contributed by atoms with E-state index in [0.717, 1.165) is 56.6 Å². The second kappa shape index (κ2) is 11.5. The summed E-state index contributed by atoms with van der Waals surface area (Å²) >= 11 is 0. The Kier molecular flexibility index (Phi) is 8.86. The SMILES string of the molecule is CC(C(=O)NCc1ccc(C(F)(F)F)cc1N1CCCCCCC1)c1ccc(NS(C)(=O)=O)c(F)c1. The van der Waals surface area contributed by atoms with Crippen molar-refractivity contribution >= 4 is 27.3 Å². The molecule has 36 heavy (non-hydrogen) atoms. The van der Waals surface area contributed by atoms with Gasteiger partial charge < -0.3 is 10.2 Å². The number of sulfonamides is 1. The Hall–Kier alpha value is -2.82. The Labute approximate surface area is 209 Å². The molecule has 0 aromatic heterocycles. The molecular formula is C25H31F4N3O3S. The third-order valence-electron chi connectivity index (χ3n) is 6.24. The molecule has 1 atom stereocenters. The minimum absolute atomic E-state index is 0.0172. The van der Waals surface area contributed by atoms with E-state index < -0.39 is 39.4 Å². The predicted molar refractivity (Wildman–Crippen MR) is 132 cm³/mol. The Balaban J connectivity index is 1.77. The first-order chi connectivity index (χ1) is 16.8. The maximum absolute atomic E-state index is 14.4. The van der Waals surface area contributed by atoms with Gasteiger partial charge in [-0.1, -0.05) is 31.4 Å². The molecule has 0 aliphatic carbocycles. The molecule has 2 aromatic carbocycles. The van der Waals surface area contributed by atoms with E-state index in [1.54, 1.807) is 6.92 Å². The normalized spacial score (nSPS) is 16.1. The lowest BCUT2D eigenvalue weighted by Gasteiger charge is -2.30. The number of anilines is 2. The number of carbonyl (C=O) groups excluding carboxylic acids is 1. The summed E-state index contributed by atoms with van der Waals surface area (Å²) in [6, 6.07) is 7.33. The first-order valence-electron chi connectivity index (χ1n) is 11.8. The van der Waals surface area contributed by atoms with Gasteiger partial charge in [0.25, 0.3) is 0 Å². The van der Waals surface area contributed by atoms with Crippen LogP contribution < -0.4 is 14.9 Å². The molecule has 198 valence electrons. The Morgan fingerprint density at radius 1 is 1.03 bits per heavy atom. The molecule has 1 fully saturated rings. The molecule has 3 rings (SSSR count). The molecule has 0 bridgehead atoms. The van der Waals surface area contributed by atoms with Gasteiger partial charge in [0.05, 0.1) is 23.4 Å². The predicted octanol–water partition coefficient (Wildman–Crippen LogP) is 5.41. The van der Waals surface area contributed by atoms with Crippen LogP contribution in [-0.4, -0.2) is 33.7 Å². The zero-order valence-corrected chi connectivity index (χ0v) is 21.1. The van der Waals surface area contributed by atoms with E-state index in [9.17, 15) is 30.8 Å². The highest BCUT2D eigenvalue weighted by molar-refractivity contribution is 7.92. The molecule has 11 heteroatoms. The molecule has 1 amide bonds. The molecule has 2 N–H and O–H groups in total. The molecular weight excluding hydrogens is 498 g/mol. The topological polar surface area (TPSA) is 78.5 Å². The van der Waals surface area contributed by atoms with Crippen LogP contribution in [0.15, 0.2) is 36.4 Å². The fourth-order valence-electron chi connectivity index (χ4n) is 4.24. The minimum atomic E-state index is -4.48. The van der Waals surface area contributed by atoms with Crippen molar-refractivity contribution in [2.24, 2.45) is 0 Å². The van der Waals surface area contributed by atoms with E-state index in [2.05, 4.69) is 10.0 Å². The van der Waals surface area contributed by atoms with Crippen LogP contribution in [0, 0.1) is 5.82 Å². The van der Waals surface area contributed by atoms with Gasteiger partial charge in [-0.2, -0.15) is 13.2 Å². The van der Waals surface area contributed by atoms with Crippen LogP contribution in [0.3, 0.4) is 0 Å². The van der Waals surface area contributed by atoms with Crippen molar-refractivity contribution in [1.82, 2.24) is 5.32 Å². The molecule has 1 aliphatic heterocycles. The van der Waals surface area contributed by atoms with Crippen molar-refractivity contribution in [3.05, 3.63) is 58.9 Å². The number of benzene rings is 2. The Morgan fingerprint density at radius 2 is 1.67 bits per heavy atom. The van der Waals surface area contributed by atoms with Crippen molar-refractivity contribution in [2.45, 2.75) is 57.7 Å². The quantitative estimate of drug-likeness (QED) is 0.471. The van der Waals surface area contributed by atoms with Gasteiger partial charge in [-0.3, -0.25) is 9.52 Å². The number of hydrogen-bond acceptors (Lipinski definition) is 4. The van der Waals surface area contributed by atoms with Crippen molar-refractivity contribution in [3.8, 4) is 0 Å². The van der Waals surface area contributed by atoms with Gasteiger partial charge in [0.2, 0.25) is 15.9 Å². The average Bonchev–Trinajstić information content (AvgIpc) is 2.76. The minimum Gasteiger partial charge on any atom is -0.371 e. The smallest absolute Gasteiger partial charge is 0.371 e. The first-order valence-corrected chi connectivity index (χ1v) is 13.7. The number of nitrogens with zero attached hydrogens (tertiary/aromatic N) is 1. The number of alkyl halides is 3. The van der Waals surface area contributed by atoms with Crippen molar-refractivity contribution < 1.29 is 30.8 Å². The first kappa shape index (κ1) is 27.8. The second-order valence-electron chi connectivity index (χ2n) is 9.15. The molecule has 1 unspecified atom stereocenters. The molecule has 0 radical (unpaired) electrons. The largest absolute Gasteiger partial charge is 0.416 e. The van der Waals surface area contributed by atoms with Gasteiger partial charge in [-0.25, -0.2) is 12.8 Å². The molecule has 1 heterocycles. The zero-order valence-electron chi connectivity index (χ0n) is 20.3. The summed E-state index contributed by atoms with van der Waals surface area (Å²) < 4.78 is 79.4. The molecule has 1 aliphatic rings. The van der Waals surface area contributed by atoms with Gasteiger partial charge in [-0.05, 0) is 55.2 Å². The molecule has 0 spiro atoms. The summed E-state index contributed by atoms with van der Waals surface area (Å²) in [5.74, 6) is -2.03. The second-order valence-corrected chi connectivity index (χ2v) is 10.9. The Bertz CT molecular complexity index is 1180. The maximum Gasteiger partial charge on any atom is 0.416 e. The van der Waals surface area contributed by atoms with Gasteiger partial charge >= 0.3 is 6.18 Å². The molecule has 2 aromatic rings. The molecule has 1 saturated heterocycles. The number of amides is 1. The monoisotopic (exact) mass is 529 g/mol. The van der Waals surface area contributed by atoms with E-state index in [-0.39, 0.29) is 12.2 Å². The van der Waals surface area contributed by atoms with E-state index in [0.29, 0.717) is 29.9 Å². The lowest BCUT2D eigenvalue weighted by Crippen LogP contribution is -2.31. The number of nitrogens with one attached hydrogen (secondary N) is 2. The van der Waals surface area contributed by atoms with Crippen LogP contribution in [0.4, 0.5) is 28.9 Å². The van der Waals surface area contributed by atoms with Crippen molar-refractivity contribution in [3.63, 3.8) is 0 Å². The van der Waals surface area contributed by atoms with Crippen LogP contribution in [0.25, 0.3) is 0 Å². The number of carbonyl (C=O) groups is 1. The van der Waals surface area contributed by atoms with Gasteiger partial charge in [0.1, 0.15) is 5.82 Å². The summed E-state index contributed by atoms with van der Waals surface area (Å²) in [4.78, 5) is 14.8. The number of rotatable bonds is 7. The highest BCUT2D eigenvalue weighted by Gasteiger charge is 2.32. The van der Waals surface area contributed by atoms with E-state index in [1.807, 2.05) is 4.90 Å². The van der Waals surface area contributed by atoms with E-state index in [4.69, 9.17) is 0 Å². The molecule has 6 nitrogen and oxygen atoms in total. The third-order valence-corrected chi connectivity index (χ3v) is 6.83. The lowest BCUT2D eigenvalue weighted by atomic mass is 9.99. The summed E-state index contributed by atoms with van der Waals surface area (Å²) in [6.07, 6.45) is 1.35. The maximum atomic E-state index is 14.4. The van der Waals surface area contributed by atoms with Crippen LogP contribution >= 0.6 is 0 Å². The summed E-state index contributed by atoms with van der Waals surface area (Å²) in [6.45, 7) is 2.88.